The predicted molar refractivity (Wildman–Crippen MR) is 94.4 cm³/mol. The zero-order chi connectivity index (χ0) is 15.9. The molecule has 5 nitrogen and oxygen atoms in total. The van der Waals surface area contributed by atoms with Crippen molar-refractivity contribution in [3.63, 3.8) is 0 Å². The Morgan fingerprint density at radius 3 is 2.86 bits per heavy atom. The number of aromatic amines is 1. The topological polar surface area (TPSA) is 64.1 Å². The highest BCUT2D eigenvalue weighted by Crippen LogP contribution is 2.30. The lowest BCUT2D eigenvalue weighted by Crippen LogP contribution is -2.27. The summed E-state index contributed by atoms with van der Waals surface area (Å²) < 4.78 is 7.47. The second-order valence-corrected chi connectivity index (χ2v) is 6.23. The number of halogens is 1. The molecule has 6 heteroatoms. The van der Waals surface area contributed by atoms with Gasteiger partial charge in [0.05, 0.1) is 12.6 Å². The molecule has 0 aliphatic heterocycles. The highest BCUT2D eigenvalue weighted by Gasteiger charge is 2.21. The van der Waals surface area contributed by atoms with Crippen molar-refractivity contribution in [1.82, 2.24) is 9.55 Å². The number of fused-ring (bicyclic) bond motifs is 3. The van der Waals surface area contributed by atoms with Gasteiger partial charge in [-0.1, -0.05) is 13.0 Å². The molecule has 0 aliphatic rings. The van der Waals surface area contributed by atoms with Gasteiger partial charge in [-0.25, -0.2) is 4.79 Å². The van der Waals surface area contributed by atoms with E-state index in [9.17, 15) is 9.59 Å². The molecule has 3 rings (SSSR count). The van der Waals surface area contributed by atoms with Crippen molar-refractivity contribution in [2.24, 2.45) is 0 Å². The molecule has 1 aromatic carbocycles. The number of nitrogens with one attached hydrogen (secondary N) is 1. The molecule has 0 saturated heterocycles. The van der Waals surface area contributed by atoms with Gasteiger partial charge in [0.15, 0.2) is 0 Å². The van der Waals surface area contributed by atoms with Gasteiger partial charge < -0.3 is 14.3 Å². The molecule has 0 spiro atoms. The minimum absolute atomic E-state index is 0.0699. The molecule has 0 unspecified atom stereocenters. The fourth-order valence-electron chi connectivity index (χ4n) is 2.72. The lowest BCUT2D eigenvalue weighted by Gasteiger charge is -2.08. The number of aryl methyl sites for hydroxylation is 1. The Bertz CT molecular complexity index is 940. The lowest BCUT2D eigenvalue weighted by atomic mass is 10.1. The van der Waals surface area contributed by atoms with Crippen molar-refractivity contribution >= 4 is 50.4 Å². The fourth-order valence-corrected chi connectivity index (χ4v) is 3.51. The zero-order valence-electron chi connectivity index (χ0n) is 12.3. The van der Waals surface area contributed by atoms with Gasteiger partial charge in [0.2, 0.25) is 0 Å². The molecule has 0 fully saturated rings. The Labute approximate surface area is 140 Å². The van der Waals surface area contributed by atoms with Crippen LogP contribution in [0, 0.1) is 3.57 Å². The van der Waals surface area contributed by atoms with Crippen LogP contribution in [0.2, 0.25) is 0 Å². The Balaban J connectivity index is 2.52. The molecule has 0 atom stereocenters. The first-order valence-electron chi connectivity index (χ1n) is 7.00. The molecule has 0 radical (unpaired) electrons. The SMILES string of the molecule is CCCn1cc2c([nH]c3cccc(I)c32)c(C(=O)OC)c1=O. The van der Waals surface area contributed by atoms with E-state index in [2.05, 4.69) is 27.6 Å². The van der Waals surface area contributed by atoms with Crippen LogP contribution in [0.25, 0.3) is 21.8 Å². The molecular formula is C16H15IN2O3. The number of benzene rings is 1. The van der Waals surface area contributed by atoms with Crippen LogP contribution >= 0.6 is 22.6 Å². The number of hydrogen-bond acceptors (Lipinski definition) is 3. The van der Waals surface area contributed by atoms with Gasteiger partial charge in [-0.2, -0.15) is 0 Å². The first kappa shape index (κ1) is 15.1. The number of rotatable bonds is 3. The Morgan fingerprint density at radius 1 is 1.41 bits per heavy atom. The van der Waals surface area contributed by atoms with Crippen LogP contribution in [-0.4, -0.2) is 22.6 Å². The van der Waals surface area contributed by atoms with Crippen molar-refractivity contribution in [1.29, 1.82) is 0 Å². The first-order chi connectivity index (χ1) is 10.6. The van der Waals surface area contributed by atoms with E-state index in [4.69, 9.17) is 4.74 Å². The number of ether oxygens (including phenoxy) is 1. The fraction of sp³-hybridized carbons (Fsp3) is 0.250. The van der Waals surface area contributed by atoms with Gasteiger partial charge in [0, 0.05) is 32.6 Å². The predicted octanol–water partition coefficient (Wildman–Crippen LogP) is 3.28. The summed E-state index contributed by atoms with van der Waals surface area (Å²) in [6, 6.07) is 5.88. The van der Waals surface area contributed by atoms with E-state index in [-0.39, 0.29) is 11.1 Å². The van der Waals surface area contributed by atoms with Crippen molar-refractivity contribution in [3.8, 4) is 0 Å². The van der Waals surface area contributed by atoms with Crippen LogP contribution in [0.3, 0.4) is 0 Å². The van der Waals surface area contributed by atoms with Crippen LogP contribution in [0.15, 0.2) is 29.2 Å². The summed E-state index contributed by atoms with van der Waals surface area (Å²) in [5.74, 6) is -0.609. The minimum Gasteiger partial charge on any atom is -0.465 e. The third-order valence-corrected chi connectivity index (χ3v) is 4.57. The van der Waals surface area contributed by atoms with Crippen molar-refractivity contribution in [2.45, 2.75) is 19.9 Å². The molecule has 0 amide bonds. The molecule has 2 heterocycles. The molecule has 22 heavy (non-hydrogen) atoms. The van der Waals surface area contributed by atoms with Gasteiger partial charge in [-0.15, -0.1) is 0 Å². The number of nitrogens with zero attached hydrogens (tertiary/aromatic N) is 1. The largest absolute Gasteiger partial charge is 0.465 e. The summed E-state index contributed by atoms with van der Waals surface area (Å²) in [5.41, 5.74) is 1.20. The Hall–Kier alpha value is -1.83. The van der Waals surface area contributed by atoms with Crippen LogP contribution in [0.1, 0.15) is 23.7 Å². The highest BCUT2D eigenvalue weighted by molar-refractivity contribution is 14.1. The second-order valence-electron chi connectivity index (χ2n) is 5.07. The standard InChI is InChI=1S/C16H15IN2O3/c1-3-7-19-8-9-12-10(17)5-4-6-11(12)18-14(9)13(15(19)20)16(21)22-2/h4-6,8,18H,3,7H2,1-2H3. The number of aromatic nitrogens is 2. The van der Waals surface area contributed by atoms with Crippen molar-refractivity contribution in [2.75, 3.05) is 7.11 Å². The highest BCUT2D eigenvalue weighted by atomic mass is 127. The van der Waals surface area contributed by atoms with E-state index >= 15 is 0 Å². The van der Waals surface area contributed by atoms with Crippen LogP contribution < -0.4 is 5.56 Å². The van der Waals surface area contributed by atoms with E-state index in [1.807, 2.05) is 31.3 Å². The summed E-state index contributed by atoms with van der Waals surface area (Å²) in [5, 5.41) is 1.89. The lowest BCUT2D eigenvalue weighted by molar-refractivity contribution is 0.0600. The van der Waals surface area contributed by atoms with E-state index in [1.165, 1.54) is 7.11 Å². The number of esters is 1. The summed E-state index contributed by atoms with van der Waals surface area (Å²) >= 11 is 2.26. The maximum atomic E-state index is 12.6. The number of methoxy groups -OCH3 is 1. The number of pyridine rings is 1. The average molecular weight is 410 g/mol. The number of hydrogen-bond donors (Lipinski definition) is 1. The number of carbonyl (C=O) groups is 1. The second kappa shape index (κ2) is 5.75. The molecule has 114 valence electrons. The quantitative estimate of drug-likeness (QED) is 0.533. The first-order valence-corrected chi connectivity index (χ1v) is 8.08. The van der Waals surface area contributed by atoms with E-state index in [0.717, 1.165) is 26.3 Å². The van der Waals surface area contributed by atoms with Gasteiger partial charge in [-0.05, 0) is 41.1 Å². The number of H-pyrrole nitrogens is 1. The summed E-state index contributed by atoms with van der Waals surface area (Å²) in [4.78, 5) is 27.9. The summed E-state index contributed by atoms with van der Waals surface area (Å²) in [7, 11) is 1.29. The van der Waals surface area contributed by atoms with Crippen LogP contribution in [0.5, 0.6) is 0 Å². The minimum atomic E-state index is -0.609. The zero-order valence-corrected chi connectivity index (χ0v) is 14.4. The molecule has 2 aromatic heterocycles. The van der Waals surface area contributed by atoms with Crippen molar-refractivity contribution < 1.29 is 9.53 Å². The van der Waals surface area contributed by atoms with Gasteiger partial charge in [0.1, 0.15) is 5.56 Å². The van der Waals surface area contributed by atoms with Crippen LogP contribution in [0.4, 0.5) is 0 Å². The maximum absolute atomic E-state index is 12.6. The van der Waals surface area contributed by atoms with Crippen molar-refractivity contribution in [3.05, 3.63) is 43.9 Å². The third-order valence-electron chi connectivity index (χ3n) is 3.68. The van der Waals surface area contributed by atoms with E-state index < -0.39 is 5.97 Å². The molecular weight excluding hydrogens is 395 g/mol. The van der Waals surface area contributed by atoms with E-state index in [0.29, 0.717) is 12.1 Å². The molecule has 0 aliphatic carbocycles. The molecule has 0 bridgehead atoms. The van der Waals surface area contributed by atoms with E-state index in [1.54, 1.807) is 4.57 Å². The molecule has 1 N–H and O–H groups in total. The Morgan fingerprint density at radius 2 is 2.18 bits per heavy atom. The maximum Gasteiger partial charge on any atom is 0.345 e. The number of carbonyl (C=O) groups excluding carboxylic acids is 1. The summed E-state index contributed by atoms with van der Waals surface area (Å²) in [6.45, 7) is 2.56. The van der Waals surface area contributed by atoms with Gasteiger partial charge in [0.25, 0.3) is 5.56 Å². The normalized spacial score (nSPS) is 11.2. The molecule has 3 aromatic rings. The molecule has 0 saturated carbocycles. The summed E-state index contributed by atoms with van der Waals surface area (Å²) in [6.07, 6.45) is 2.64. The third kappa shape index (κ3) is 2.22. The smallest absolute Gasteiger partial charge is 0.345 e. The average Bonchev–Trinajstić information content (AvgIpc) is 2.87. The van der Waals surface area contributed by atoms with Gasteiger partial charge >= 0.3 is 5.97 Å². The van der Waals surface area contributed by atoms with Gasteiger partial charge in [-0.3, -0.25) is 4.79 Å². The Kier molecular flexibility index (Phi) is 3.94. The van der Waals surface area contributed by atoms with Crippen LogP contribution in [-0.2, 0) is 11.3 Å². The monoisotopic (exact) mass is 410 g/mol.